The fraction of sp³-hybridized carbons (Fsp3) is 0.750. The lowest BCUT2D eigenvalue weighted by molar-refractivity contribution is -0.140. The molecule has 5 N–H and O–H groups in total. The molecule has 0 spiro atoms. The Balaban J connectivity index is 3.80. The third kappa shape index (κ3) is 10.1. The largest absolute Gasteiger partial charge is 0.480 e. The minimum absolute atomic E-state index is 0.257. The molecule has 0 saturated heterocycles. The number of primary amides is 1. The van der Waals surface area contributed by atoms with Crippen molar-refractivity contribution < 1.29 is 24.2 Å². The van der Waals surface area contributed by atoms with Crippen molar-refractivity contribution in [1.82, 2.24) is 10.6 Å². The van der Waals surface area contributed by atoms with Gasteiger partial charge in [0.25, 0.3) is 0 Å². The van der Waals surface area contributed by atoms with Crippen LogP contribution in [0.15, 0.2) is 0 Å². The van der Waals surface area contributed by atoms with Crippen LogP contribution >= 0.6 is 0 Å². The van der Waals surface area contributed by atoms with E-state index >= 15 is 0 Å². The van der Waals surface area contributed by atoms with Gasteiger partial charge in [0.2, 0.25) is 5.91 Å². The van der Waals surface area contributed by atoms with E-state index in [9.17, 15) is 14.4 Å². The Kier molecular flexibility index (Phi) is 9.10. The molecule has 8 heteroatoms. The van der Waals surface area contributed by atoms with Gasteiger partial charge in [0.05, 0.1) is 13.0 Å². The van der Waals surface area contributed by atoms with E-state index < -0.39 is 30.4 Å². The summed E-state index contributed by atoms with van der Waals surface area (Å²) in [5.74, 6) is -1.56. The van der Waals surface area contributed by atoms with E-state index in [4.69, 9.17) is 15.6 Å². The van der Waals surface area contributed by atoms with Gasteiger partial charge < -0.3 is 26.2 Å². The first kappa shape index (κ1) is 18.2. The number of nitrogens with two attached hydrogens (primary N) is 1. The summed E-state index contributed by atoms with van der Waals surface area (Å²) >= 11 is 0. The van der Waals surface area contributed by atoms with Gasteiger partial charge in [-0.2, -0.15) is 0 Å². The molecule has 0 bridgehead atoms. The number of hydrogen-bond acceptors (Lipinski definition) is 4. The highest BCUT2D eigenvalue weighted by Crippen LogP contribution is 1.98. The summed E-state index contributed by atoms with van der Waals surface area (Å²) < 4.78 is 5.28. The molecule has 8 nitrogen and oxygen atoms in total. The van der Waals surface area contributed by atoms with Gasteiger partial charge in [0.15, 0.2) is 0 Å². The lowest BCUT2D eigenvalue weighted by Crippen LogP contribution is -2.48. The second kappa shape index (κ2) is 10.0. The number of urea groups is 1. The number of hydrogen-bond donors (Lipinski definition) is 4. The highest BCUT2D eigenvalue weighted by molar-refractivity contribution is 5.87. The zero-order chi connectivity index (χ0) is 15.5. The monoisotopic (exact) mass is 289 g/mol. The van der Waals surface area contributed by atoms with E-state index in [1.165, 1.54) is 0 Å². The third-order valence-electron chi connectivity index (χ3n) is 2.38. The minimum atomic E-state index is -1.32. The van der Waals surface area contributed by atoms with E-state index in [2.05, 4.69) is 24.5 Å². The van der Waals surface area contributed by atoms with Crippen molar-refractivity contribution in [2.75, 3.05) is 19.8 Å². The Bertz CT molecular complexity index is 333. The van der Waals surface area contributed by atoms with Crippen LogP contribution in [0.4, 0.5) is 4.79 Å². The molecule has 0 aliphatic heterocycles. The number of amides is 3. The van der Waals surface area contributed by atoms with Crippen molar-refractivity contribution in [3.05, 3.63) is 0 Å². The molecule has 0 aliphatic carbocycles. The van der Waals surface area contributed by atoms with Crippen LogP contribution in [0.1, 0.15) is 26.7 Å². The van der Waals surface area contributed by atoms with Crippen molar-refractivity contribution in [1.29, 1.82) is 0 Å². The van der Waals surface area contributed by atoms with Crippen LogP contribution in [0, 0.1) is 5.92 Å². The predicted octanol–water partition coefficient (Wildman–Crippen LogP) is -0.323. The Morgan fingerprint density at radius 2 is 1.90 bits per heavy atom. The topological polar surface area (TPSA) is 131 Å². The Hall–Kier alpha value is -1.83. The first-order chi connectivity index (χ1) is 9.32. The van der Waals surface area contributed by atoms with Crippen LogP contribution in [0.5, 0.6) is 0 Å². The molecule has 0 aromatic heterocycles. The Morgan fingerprint density at radius 3 is 2.40 bits per heavy atom. The third-order valence-corrected chi connectivity index (χ3v) is 2.38. The molecule has 0 radical (unpaired) electrons. The molecule has 0 aromatic rings. The van der Waals surface area contributed by atoms with Gasteiger partial charge in [0, 0.05) is 13.2 Å². The number of carboxylic acids is 1. The fourth-order valence-corrected chi connectivity index (χ4v) is 1.27. The summed E-state index contributed by atoms with van der Waals surface area (Å²) in [6.07, 6.45) is 0.486. The van der Waals surface area contributed by atoms with Crippen molar-refractivity contribution >= 4 is 17.9 Å². The summed E-state index contributed by atoms with van der Waals surface area (Å²) in [7, 11) is 0. The molecule has 0 aliphatic rings. The van der Waals surface area contributed by atoms with Crippen LogP contribution in [0.2, 0.25) is 0 Å². The summed E-state index contributed by atoms with van der Waals surface area (Å²) in [6, 6.07) is -2.00. The maximum atomic E-state index is 11.4. The van der Waals surface area contributed by atoms with Gasteiger partial charge in [-0.25, -0.2) is 9.59 Å². The Morgan fingerprint density at radius 1 is 1.25 bits per heavy atom. The van der Waals surface area contributed by atoms with Crippen molar-refractivity contribution in [3.8, 4) is 0 Å². The number of carboxylic acid groups (broad SMARTS) is 1. The smallest absolute Gasteiger partial charge is 0.326 e. The first-order valence-corrected chi connectivity index (χ1v) is 6.46. The summed E-state index contributed by atoms with van der Waals surface area (Å²) in [5, 5.41) is 13.4. The van der Waals surface area contributed by atoms with Crippen LogP contribution in [-0.2, 0) is 14.3 Å². The molecule has 3 amide bonds. The minimum Gasteiger partial charge on any atom is -0.480 e. The van der Waals surface area contributed by atoms with E-state index in [0.29, 0.717) is 19.1 Å². The average Bonchev–Trinajstić information content (AvgIpc) is 2.31. The highest BCUT2D eigenvalue weighted by Gasteiger charge is 2.21. The molecule has 0 rings (SSSR count). The summed E-state index contributed by atoms with van der Waals surface area (Å²) in [4.78, 5) is 32.8. The lowest BCUT2D eigenvalue weighted by Gasteiger charge is -2.13. The fourth-order valence-electron chi connectivity index (χ4n) is 1.27. The van der Waals surface area contributed by atoms with Crippen molar-refractivity contribution in [2.45, 2.75) is 32.7 Å². The van der Waals surface area contributed by atoms with Gasteiger partial charge >= 0.3 is 12.0 Å². The standard InChI is InChI=1S/C12H23N3O5/c1-8(2)3-5-20-6-4-14-12(19)15-9(11(17)18)7-10(13)16/h8-9H,3-7H2,1-2H3,(H2,13,16)(H,17,18)(H2,14,15,19). The second-order valence-corrected chi connectivity index (χ2v) is 4.76. The molecule has 20 heavy (non-hydrogen) atoms. The van der Waals surface area contributed by atoms with E-state index in [0.717, 1.165) is 6.42 Å². The summed E-state index contributed by atoms with van der Waals surface area (Å²) in [6.45, 7) is 5.38. The van der Waals surface area contributed by atoms with Crippen molar-refractivity contribution in [2.24, 2.45) is 11.7 Å². The van der Waals surface area contributed by atoms with Gasteiger partial charge in [-0.15, -0.1) is 0 Å². The SMILES string of the molecule is CC(C)CCOCCNC(=O)NC(CC(N)=O)C(=O)O. The number of ether oxygens (including phenoxy) is 1. The zero-order valence-corrected chi connectivity index (χ0v) is 11.8. The number of carbonyl (C=O) groups is 3. The molecule has 0 aromatic carbocycles. The molecule has 0 heterocycles. The van der Waals surface area contributed by atoms with E-state index in [-0.39, 0.29) is 6.54 Å². The second-order valence-electron chi connectivity index (χ2n) is 4.76. The van der Waals surface area contributed by atoms with Gasteiger partial charge in [0.1, 0.15) is 6.04 Å². The van der Waals surface area contributed by atoms with E-state index in [1.807, 2.05) is 0 Å². The molecular weight excluding hydrogens is 266 g/mol. The molecule has 1 unspecified atom stereocenters. The number of rotatable bonds is 10. The average molecular weight is 289 g/mol. The highest BCUT2D eigenvalue weighted by atomic mass is 16.5. The molecule has 116 valence electrons. The van der Waals surface area contributed by atoms with E-state index in [1.54, 1.807) is 0 Å². The first-order valence-electron chi connectivity index (χ1n) is 6.46. The normalized spacial score (nSPS) is 11.9. The Labute approximate surface area is 118 Å². The zero-order valence-electron chi connectivity index (χ0n) is 11.8. The number of nitrogens with one attached hydrogen (secondary N) is 2. The van der Waals surface area contributed by atoms with Crippen LogP contribution in [0.3, 0.4) is 0 Å². The van der Waals surface area contributed by atoms with Gasteiger partial charge in [-0.3, -0.25) is 4.79 Å². The molecule has 1 atom stereocenters. The van der Waals surface area contributed by atoms with Gasteiger partial charge in [-0.1, -0.05) is 13.8 Å². The maximum Gasteiger partial charge on any atom is 0.326 e. The maximum absolute atomic E-state index is 11.4. The predicted molar refractivity (Wildman–Crippen MR) is 72.0 cm³/mol. The van der Waals surface area contributed by atoms with Crippen LogP contribution < -0.4 is 16.4 Å². The quantitative estimate of drug-likeness (QED) is 0.409. The van der Waals surface area contributed by atoms with Crippen LogP contribution in [0.25, 0.3) is 0 Å². The number of aliphatic carboxylic acids is 1. The van der Waals surface area contributed by atoms with Gasteiger partial charge in [-0.05, 0) is 12.3 Å². The molecule has 0 fully saturated rings. The number of carbonyl (C=O) groups excluding carboxylic acids is 2. The summed E-state index contributed by atoms with van der Waals surface area (Å²) in [5.41, 5.74) is 4.89. The molecule has 0 saturated carbocycles. The van der Waals surface area contributed by atoms with Crippen LogP contribution in [-0.4, -0.2) is 48.8 Å². The lowest BCUT2D eigenvalue weighted by atomic mass is 10.1. The van der Waals surface area contributed by atoms with Crippen molar-refractivity contribution in [3.63, 3.8) is 0 Å². The molecular formula is C12H23N3O5.